The lowest BCUT2D eigenvalue weighted by Crippen LogP contribution is -2.30. The third-order valence-electron chi connectivity index (χ3n) is 5.17. The van der Waals surface area contributed by atoms with Crippen molar-refractivity contribution in [2.24, 2.45) is 10.9 Å². The summed E-state index contributed by atoms with van der Waals surface area (Å²) < 4.78 is 4.93. The lowest BCUT2D eigenvalue weighted by Gasteiger charge is -2.22. The normalized spacial score (nSPS) is 11.3. The number of hydrogen-bond donors (Lipinski definition) is 2. The smallest absolute Gasteiger partial charge is 0.340 e. The lowest BCUT2D eigenvalue weighted by atomic mass is 9.98. The van der Waals surface area contributed by atoms with Crippen LogP contribution in [-0.4, -0.2) is 30.0 Å². The fraction of sp³-hybridized carbons (Fsp3) is 0.240. The van der Waals surface area contributed by atoms with Gasteiger partial charge in [0, 0.05) is 16.9 Å². The Morgan fingerprint density at radius 1 is 1.12 bits per heavy atom. The maximum absolute atomic E-state index is 13.0. The molecule has 0 unspecified atom stereocenters. The van der Waals surface area contributed by atoms with Crippen LogP contribution < -0.4 is 10.6 Å². The molecule has 1 amide bonds. The van der Waals surface area contributed by atoms with Crippen LogP contribution in [0.25, 0.3) is 11.1 Å². The fourth-order valence-electron chi connectivity index (χ4n) is 3.57. The van der Waals surface area contributed by atoms with E-state index in [4.69, 9.17) is 15.7 Å². The van der Waals surface area contributed by atoms with Crippen LogP contribution in [0.3, 0.4) is 0 Å². The Morgan fingerprint density at radius 2 is 1.82 bits per heavy atom. The largest absolute Gasteiger partial charge is 0.465 e. The van der Waals surface area contributed by atoms with E-state index in [2.05, 4.69) is 5.16 Å². The van der Waals surface area contributed by atoms with E-state index in [0.717, 1.165) is 21.6 Å². The number of esters is 1. The second-order valence-corrected chi connectivity index (χ2v) is 8.76. The zero-order valence-electron chi connectivity index (χ0n) is 18.9. The molecule has 0 aliphatic heterocycles. The molecule has 0 saturated heterocycles. The average molecular weight is 466 g/mol. The van der Waals surface area contributed by atoms with Gasteiger partial charge in [0.25, 0.3) is 0 Å². The molecule has 7 nitrogen and oxygen atoms in total. The molecule has 0 radical (unpaired) electrons. The van der Waals surface area contributed by atoms with Crippen LogP contribution in [0.15, 0.2) is 59.8 Å². The third-order valence-corrected chi connectivity index (χ3v) is 6.24. The van der Waals surface area contributed by atoms with Crippen LogP contribution in [-0.2, 0) is 16.1 Å². The van der Waals surface area contributed by atoms with Crippen LogP contribution in [0.2, 0.25) is 0 Å². The molecule has 8 heteroatoms. The standard InChI is InChI=1S/C25H27N3O4S/c1-4-7-22(29)28(24-21(25(30)32-3)14-16(2)33-24)15-17-10-12-18(13-11-17)19-8-5-6-9-20(19)23(26)27-31/h5-6,8-14,31H,4,7,15H2,1-3H3,(H2,26,27). The molecular weight excluding hydrogens is 438 g/mol. The Hall–Kier alpha value is -3.65. The minimum absolute atomic E-state index is 0.0365. The molecule has 0 saturated carbocycles. The number of amides is 1. The summed E-state index contributed by atoms with van der Waals surface area (Å²) >= 11 is 1.40. The number of thiophene rings is 1. The summed E-state index contributed by atoms with van der Waals surface area (Å²) in [6.45, 7) is 4.17. The molecule has 1 aromatic heterocycles. The van der Waals surface area contributed by atoms with E-state index in [0.29, 0.717) is 35.5 Å². The van der Waals surface area contributed by atoms with Gasteiger partial charge in [-0.15, -0.1) is 11.3 Å². The number of oxime groups is 1. The van der Waals surface area contributed by atoms with Gasteiger partial charge >= 0.3 is 5.97 Å². The Kier molecular flexibility index (Phi) is 7.84. The minimum Gasteiger partial charge on any atom is -0.465 e. The van der Waals surface area contributed by atoms with E-state index in [1.165, 1.54) is 18.4 Å². The quantitative estimate of drug-likeness (QED) is 0.161. The molecule has 172 valence electrons. The summed E-state index contributed by atoms with van der Waals surface area (Å²) in [5.74, 6) is -0.473. The SMILES string of the molecule is CCCC(=O)N(Cc1ccc(-c2ccccc2/C(N)=N/O)cc1)c1sc(C)cc1C(=O)OC. The topological polar surface area (TPSA) is 105 Å². The van der Waals surface area contributed by atoms with Gasteiger partial charge in [-0.1, -0.05) is 60.6 Å². The van der Waals surface area contributed by atoms with Crippen LogP contribution in [0.4, 0.5) is 5.00 Å². The highest BCUT2D eigenvalue weighted by Gasteiger charge is 2.25. The van der Waals surface area contributed by atoms with Crippen molar-refractivity contribution in [1.82, 2.24) is 0 Å². The highest BCUT2D eigenvalue weighted by molar-refractivity contribution is 7.16. The highest BCUT2D eigenvalue weighted by Crippen LogP contribution is 2.34. The zero-order chi connectivity index (χ0) is 24.0. The van der Waals surface area contributed by atoms with E-state index >= 15 is 0 Å². The molecular formula is C25H27N3O4S. The number of nitrogens with two attached hydrogens (primary N) is 1. The highest BCUT2D eigenvalue weighted by atomic mass is 32.1. The first kappa shape index (κ1) is 24.0. The van der Waals surface area contributed by atoms with E-state index in [-0.39, 0.29) is 11.7 Å². The molecule has 33 heavy (non-hydrogen) atoms. The van der Waals surface area contributed by atoms with Gasteiger partial charge in [0.15, 0.2) is 5.84 Å². The molecule has 0 aliphatic rings. The number of aryl methyl sites for hydroxylation is 1. The predicted molar refractivity (Wildman–Crippen MR) is 131 cm³/mol. The number of ether oxygens (including phenoxy) is 1. The molecule has 1 heterocycles. The summed E-state index contributed by atoms with van der Waals surface area (Å²) in [6, 6.07) is 16.9. The van der Waals surface area contributed by atoms with Gasteiger partial charge in [-0.05, 0) is 36.1 Å². The van der Waals surface area contributed by atoms with Gasteiger partial charge in [-0.3, -0.25) is 9.69 Å². The first-order valence-electron chi connectivity index (χ1n) is 10.5. The second-order valence-electron chi connectivity index (χ2n) is 7.53. The van der Waals surface area contributed by atoms with Crippen molar-refractivity contribution in [2.75, 3.05) is 12.0 Å². The summed E-state index contributed by atoms with van der Waals surface area (Å²) in [6.07, 6.45) is 1.08. The van der Waals surface area contributed by atoms with Crippen molar-refractivity contribution in [1.29, 1.82) is 0 Å². The Bertz CT molecular complexity index is 1170. The fourth-order valence-corrected chi connectivity index (χ4v) is 4.58. The Balaban J connectivity index is 1.95. The minimum atomic E-state index is -0.460. The molecule has 0 aliphatic carbocycles. The number of benzene rings is 2. The van der Waals surface area contributed by atoms with Gasteiger partial charge in [0.05, 0.1) is 19.2 Å². The molecule has 3 N–H and O–H groups in total. The number of amidine groups is 1. The molecule has 0 fully saturated rings. The van der Waals surface area contributed by atoms with Crippen LogP contribution in [0.1, 0.15) is 46.1 Å². The number of nitrogens with zero attached hydrogens (tertiary/aromatic N) is 2. The van der Waals surface area contributed by atoms with Gasteiger partial charge in [0.2, 0.25) is 5.91 Å². The first-order chi connectivity index (χ1) is 15.9. The van der Waals surface area contributed by atoms with Crippen molar-refractivity contribution >= 4 is 34.0 Å². The molecule has 3 aromatic rings. The van der Waals surface area contributed by atoms with Crippen molar-refractivity contribution in [3.8, 4) is 11.1 Å². The number of carbonyl (C=O) groups excluding carboxylic acids is 2. The van der Waals surface area contributed by atoms with Crippen molar-refractivity contribution in [2.45, 2.75) is 33.2 Å². The van der Waals surface area contributed by atoms with E-state index in [1.54, 1.807) is 17.0 Å². The molecule has 0 spiro atoms. The van der Waals surface area contributed by atoms with Crippen LogP contribution in [0, 0.1) is 6.92 Å². The maximum Gasteiger partial charge on any atom is 0.340 e. The number of methoxy groups -OCH3 is 1. The summed E-state index contributed by atoms with van der Waals surface area (Å²) in [4.78, 5) is 27.9. The average Bonchev–Trinajstić information content (AvgIpc) is 3.23. The molecule has 0 atom stereocenters. The number of hydrogen-bond acceptors (Lipinski definition) is 6. The molecule has 2 aromatic carbocycles. The first-order valence-corrected chi connectivity index (χ1v) is 11.4. The second kappa shape index (κ2) is 10.8. The monoisotopic (exact) mass is 465 g/mol. The van der Waals surface area contributed by atoms with Crippen LogP contribution in [0.5, 0.6) is 0 Å². The summed E-state index contributed by atoms with van der Waals surface area (Å²) in [5.41, 5.74) is 9.49. The number of anilines is 1. The van der Waals surface area contributed by atoms with E-state index in [1.807, 2.05) is 56.3 Å². The Labute approximate surface area is 197 Å². The number of carbonyl (C=O) groups is 2. The van der Waals surface area contributed by atoms with Crippen molar-refractivity contribution < 1.29 is 19.5 Å². The maximum atomic E-state index is 13.0. The zero-order valence-corrected chi connectivity index (χ0v) is 19.7. The summed E-state index contributed by atoms with van der Waals surface area (Å²) in [7, 11) is 1.34. The Morgan fingerprint density at radius 3 is 2.45 bits per heavy atom. The van der Waals surface area contributed by atoms with E-state index in [9.17, 15) is 9.59 Å². The molecule has 0 bridgehead atoms. The molecule has 3 rings (SSSR count). The van der Waals surface area contributed by atoms with Gasteiger partial charge < -0.3 is 15.7 Å². The van der Waals surface area contributed by atoms with Gasteiger partial charge in [-0.25, -0.2) is 4.79 Å². The van der Waals surface area contributed by atoms with Gasteiger partial charge in [-0.2, -0.15) is 0 Å². The predicted octanol–water partition coefficient (Wildman–Crippen LogP) is 4.94. The lowest BCUT2D eigenvalue weighted by molar-refractivity contribution is -0.118. The number of rotatable bonds is 8. The van der Waals surface area contributed by atoms with Crippen LogP contribution >= 0.6 is 11.3 Å². The third kappa shape index (κ3) is 5.40. The summed E-state index contributed by atoms with van der Waals surface area (Å²) in [5, 5.41) is 12.8. The van der Waals surface area contributed by atoms with Gasteiger partial charge in [0.1, 0.15) is 5.00 Å². The van der Waals surface area contributed by atoms with E-state index < -0.39 is 5.97 Å². The van der Waals surface area contributed by atoms with Crippen molar-refractivity contribution in [3.63, 3.8) is 0 Å². The van der Waals surface area contributed by atoms with Crippen molar-refractivity contribution in [3.05, 3.63) is 76.2 Å².